The van der Waals surface area contributed by atoms with E-state index in [1.165, 1.54) is 0 Å². The molecule has 5 heteroatoms. The van der Waals surface area contributed by atoms with E-state index in [1.54, 1.807) is 7.05 Å². The highest BCUT2D eigenvalue weighted by Crippen LogP contribution is 2.23. The third-order valence-corrected chi connectivity index (χ3v) is 2.33. The zero-order chi connectivity index (χ0) is 12.1. The maximum atomic E-state index is 8.73. The van der Waals surface area contributed by atoms with Gasteiger partial charge in [0, 0.05) is 20.1 Å². The number of benzene rings is 1. The first-order chi connectivity index (χ1) is 8.35. The van der Waals surface area contributed by atoms with Crippen molar-refractivity contribution < 1.29 is 9.84 Å². The lowest BCUT2D eigenvalue weighted by Crippen LogP contribution is -2.04. The number of ether oxygens (including phenoxy) is 1. The van der Waals surface area contributed by atoms with Gasteiger partial charge in [-0.25, -0.2) is 4.98 Å². The molecule has 0 fully saturated rings. The van der Waals surface area contributed by atoms with Gasteiger partial charge in [-0.1, -0.05) is 12.1 Å². The van der Waals surface area contributed by atoms with Crippen LogP contribution < -0.4 is 10.1 Å². The first kappa shape index (κ1) is 11.6. The molecule has 0 bridgehead atoms. The number of hydrogen-bond donors (Lipinski definition) is 2. The second-order valence-electron chi connectivity index (χ2n) is 3.55. The quantitative estimate of drug-likeness (QED) is 0.765. The van der Waals surface area contributed by atoms with Crippen LogP contribution >= 0.6 is 0 Å². The molecule has 0 aliphatic rings. The van der Waals surface area contributed by atoms with E-state index in [1.807, 2.05) is 24.3 Å². The molecule has 0 amide bonds. The van der Waals surface area contributed by atoms with Crippen LogP contribution in [0.2, 0.25) is 0 Å². The molecule has 1 aromatic heterocycles. The number of hydrogen-bond acceptors (Lipinski definition) is 5. The Bertz CT molecular complexity index is 502. The van der Waals surface area contributed by atoms with Gasteiger partial charge in [-0.2, -0.15) is 4.98 Å². The zero-order valence-electron chi connectivity index (χ0n) is 9.68. The monoisotopic (exact) mass is 233 g/mol. The van der Waals surface area contributed by atoms with Crippen molar-refractivity contribution in [3.05, 3.63) is 24.3 Å². The van der Waals surface area contributed by atoms with Crippen LogP contribution in [-0.4, -0.2) is 35.3 Å². The summed E-state index contributed by atoms with van der Waals surface area (Å²) in [5.41, 5.74) is 0.839. The number of aliphatic hydroxyl groups is 1. The van der Waals surface area contributed by atoms with Crippen molar-refractivity contribution in [2.45, 2.75) is 6.42 Å². The number of rotatable bonds is 5. The van der Waals surface area contributed by atoms with E-state index in [-0.39, 0.29) is 6.61 Å². The van der Waals surface area contributed by atoms with Gasteiger partial charge in [0.15, 0.2) is 0 Å². The van der Waals surface area contributed by atoms with Crippen molar-refractivity contribution in [1.29, 1.82) is 0 Å². The lowest BCUT2D eigenvalue weighted by atomic mass is 10.2. The second-order valence-corrected chi connectivity index (χ2v) is 3.55. The molecule has 1 heterocycles. The van der Waals surface area contributed by atoms with Crippen molar-refractivity contribution in [2.75, 3.05) is 25.6 Å². The number of anilines is 1. The molecule has 5 nitrogen and oxygen atoms in total. The van der Waals surface area contributed by atoms with Crippen molar-refractivity contribution in [3.8, 4) is 5.88 Å². The average molecular weight is 233 g/mol. The van der Waals surface area contributed by atoms with Crippen LogP contribution in [0.15, 0.2) is 24.3 Å². The van der Waals surface area contributed by atoms with E-state index < -0.39 is 0 Å². The van der Waals surface area contributed by atoms with E-state index in [9.17, 15) is 0 Å². The van der Waals surface area contributed by atoms with E-state index in [0.717, 1.165) is 10.9 Å². The average Bonchev–Trinajstić information content (AvgIpc) is 2.38. The van der Waals surface area contributed by atoms with E-state index >= 15 is 0 Å². The van der Waals surface area contributed by atoms with Crippen LogP contribution in [-0.2, 0) is 0 Å². The first-order valence-electron chi connectivity index (χ1n) is 5.53. The fourth-order valence-electron chi connectivity index (χ4n) is 1.50. The molecule has 1 aromatic carbocycles. The van der Waals surface area contributed by atoms with Gasteiger partial charge in [0.2, 0.25) is 11.8 Å². The van der Waals surface area contributed by atoms with Crippen molar-refractivity contribution in [3.63, 3.8) is 0 Å². The lowest BCUT2D eigenvalue weighted by Gasteiger charge is -2.09. The fraction of sp³-hybridized carbons (Fsp3) is 0.333. The van der Waals surface area contributed by atoms with Gasteiger partial charge in [-0.15, -0.1) is 0 Å². The van der Waals surface area contributed by atoms with Crippen LogP contribution in [0.25, 0.3) is 10.9 Å². The van der Waals surface area contributed by atoms with Gasteiger partial charge in [-0.3, -0.25) is 0 Å². The maximum absolute atomic E-state index is 8.73. The fourth-order valence-corrected chi connectivity index (χ4v) is 1.50. The number of nitrogens with zero attached hydrogens (tertiary/aromatic N) is 2. The smallest absolute Gasteiger partial charge is 0.226 e. The largest absolute Gasteiger partial charge is 0.477 e. The minimum absolute atomic E-state index is 0.113. The SMILES string of the molecule is CNc1nc(OCCCO)c2ccccc2n1. The summed E-state index contributed by atoms with van der Waals surface area (Å²) in [4.78, 5) is 8.60. The zero-order valence-corrected chi connectivity index (χ0v) is 9.68. The Balaban J connectivity index is 2.36. The molecular weight excluding hydrogens is 218 g/mol. The predicted octanol–water partition coefficient (Wildman–Crippen LogP) is 1.43. The summed E-state index contributed by atoms with van der Waals surface area (Å²) >= 11 is 0. The summed E-state index contributed by atoms with van der Waals surface area (Å²) in [6.07, 6.45) is 0.590. The summed E-state index contributed by atoms with van der Waals surface area (Å²) in [6.45, 7) is 0.558. The molecular formula is C12H15N3O2. The van der Waals surface area contributed by atoms with E-state index in [4.69, 9.17) is 9.84 Å². The number of para-hydroxylation sites is 1. The van der Waals surface area contributed by atoms with Crippen LogP contribution in [0.3, 0.4) is 0 Å². The highest BCUT2D eigenvalue weighted by Gasteiger charge is 2.07. The first-order valence-corrected chi connectivity index (χ1v) is 5.53. The molecule has 2 aromatic rings. The highest BCUT2D eigenvalue weighted by atomic mass is 16.5. The van der Waals surface area contributed by atoms with Gasteiger partial charge in [0.1, 0.15) is 0 Å². The lowest BCUT2D eigenvalue weighted by molar-refractivity contribution is 0.231. The molecule has 0 saturated carbocycles. The normalized spacial score (nSPS) is 10.5. The molecule has 0 atom stereocenters. The summed E-state index contributed by atoms with van der Waals surface area (Å²) in [5, 5.41) is 12.5. The molecule has 0 aliphatic carbocycles. The summed E-state index contributed by atoms with van der Waals surface area (Å²) in [7, 11) is 1.77. The summed E-state index contributed by atoms with van der Waals surface area (Å²) in [5.74, 6) is 1.08. The topological polar surface area (TPSA) is 67.3 Å². The molecule has 0 unspecified atom stereocenters. The Morgan fingerprint density at radius 3 is 2.88 bits per heavy atom. The Morgan fingerprint density at radius 1 is 1.29 bits per heavy atom. The number of nitrogens with one attached hydrogen (secondary N) is 1. The third-order valence-electron chi connectivity index (χ3n) is 2.33. The molecule has 90 valence electrons. The molecule has 2 N–H and O–H groups in total. The highest BCUT2D eigenvalue weighted by molar-refractivity contribution is 5.84. The Labute approximate surface area is 99.5 Å². The van der Waals surface area contributed by atoms with Gasteiger partial charge < -0.3 is 15.2 Å². The van der Waals surface area contributed by atoms with Gasteiger partial charge >= 0.3 is 0 Å². The molecule has 17 heavy (non-hydrogen) atoms. The van der Waals surface area contributed by atoms with Crippen molar-refractivity contribution >= 4 is 16.9 Å². The second kappa shape index (κ2) is 5.45. The summed E-state index contributed by atoms with van der Waals surface area (Å²) in [6, 6.07) is 7.68. The van der Waals surface area contributed by atoms with Crippen LogP contribution in [0, 0.1) is 0 Å². The van der Waals surface area contributed by atoms with E-state index in [2.05, 4.69) is 15.3 Å². The Hall–Kier alpha value is -1.88. The maximum Gasteiger partial charge on any atom is 0.226 e. The molecule has 0 spiro atoms. The molecule has 0 aliphatic heterocycles. The number of fused-ring (bicyclic) bond motifs is 1. The molecule has 0 radical (unpaired) electrons. The minimum atomic E-state index is 0.113. The number of aromatic nitrogens is 2. The standard InChI is InChI=1S/C12H15N3O2/c1-13-12-14-10-6-3-2-5-9(10)11(15-12)17-8-4-7-16/h2-3,5-6,16H,4,7-8H2,1H3,(H,13,14,15). The minimum Gasteiger partial charge on any atom is -0.477 e. The van der Waals surface area contributed by atoms with Gasteiger partial charge in [0.25, 0.3) is 0 Å². The predicted molar refractivity (Wildman–Crippen MR) is 66.3 cm³/mol. The van der Waals surface area contributed by atoms with Crippen LogP contribution in [0.1, 0.15) is 6.42 Å². The van der Waals surface area contributed by atoms with Crippen molar-refractivity contribution in [2.24, 2.45) is 0 Å². The summed E-state index contributed by atoms with van der Waals surface area (Å²) < 4.78 is 5.55. The van der Waals surface area contributed by atoms with Crippen LogP contribution in [0.4, 0.5) is 5.95 Å². The number of aliphatic hydroxyl groups excluding tert-OH is 1. The Morgan fingerprint density at radius 2 is 2.12 bits per heavy atom. The van der Waals surface area contributed by atoms with Crippen LogP contribution in [0.5, 0.6) is 5.88 Å². The van der Waals surface area contributed by atoms with Gasteiger partial charge in [0.05, 0.1) is 17.5 Å². The van der Waals surface area contributed by atoms with Crippen molar-refractivity contribution in [1.82, 2.24) is 9.97 Å². The molecule has 0 saturated heterocycles. The van der Waals surface area contributed by atoms with Gasteiger partial charge in [-0.05, 0) is 12.1 Å². The molecule has 2 rings (SSSR count). The van der Waals surface area contributed by atoms with E-state index in [0.29, 0.717) is 24.9 Å². The Kier molecular flexibility index (Phi) is 3.72. The third kappa shape index (κ3) is 2.62.